The first-order valence-electron chi connectivity index (χ1n) is 5.52. The van der Waals surface area contributed by atoms with Gasteiger partial charge in [-0.3, -0.25) is 4.98 Å². The number of alkyl halides is 3. The number of carboxylic acid groups (broad SMARTS) is 1. The van der Waals surface area contributed by atoms with E-state index in [1.165, 1.54) is 18.2 Å². The van der Waals surface area contributed by atoms with Gasteiger partial charge in [0.1, 0.15) is 5.75 Å². The van der Waals surface area contributed by atoms with E-state index in [0.29, 0.717) is 0 Å². The Morgan fingerprint density at radius 3 is 2.57 bits per heavy atom. The third-order valence-corrected chi connectivity index (χ3v) is 2.66. The molecule has 21 heavy (non-hydrogen) atoms. The summed E-state index contributed by atoms with van der Waals surface area (Å²) in [5, 5.41) is 9.17. The number of hydrogen-bond donors (Lipinski definition) is 1. The zero-order chi connectivity index (χ0) is 15.6. The lowest BCUT2D eigenvalue weighted by Gasteiger charge is -2.14. The molecular formula is C13H7ClF3NO3. The summed E-state index contributed by atoms with van der Waals surface area (Å²) in [5.74, 6) is -1.90. The van der Waals surface area contributed by atoms with Gasteiger partial charge in [-0.05, 0) is 18.2 Å². The molecule has 2 aromatic rings. The fraction of sp³-hybridized carbons (Fsp3) is 0.0769. The molecule has 0 fully saturated rings. The van der Waals surface area contributed by atoms with Gasteiger partial charge in [0.05, 0.1) is 16.3 Å². The number of hydrogen-bond acceptors (Lipinski definition) is 3. The van der Waals surface area contributed by atoms with Crippen LogP contribution in [0.4, 0.5) is 13.2 Å². The smallest absolute Gasteiger partial charge is 0.478 e. The van der Waals surface area contributed by atoms with Crippen molar-refractivity contribution >= 4 is 17.6 Å². The molecule has 0 aliphatic heterocycles. The number of halogens is 4. The zero-order valence-corrected chi connectivity index (χ0v) is 10.9. The largest absolute Gasteiger partial charge is 0.573 e. The maximum atomic E-state index is 12.4. The highest BCUT2D eigenvalue weighted by Crippen LogP contribution is 2.34. The molecule has 2 rings (SSSR count). The minimum atomic E-state index is -4.90. The molecule has 0 bridgehead atoms. The normalized spacial score (nSPS) is 11.2. The monoisotopic (exact) mass is 317 g/mol. The van der Waals surface area contributed by atoms with Crippen molar-refractivity contribution in [3.63, 3.8) is 0 Å². The minimum absolute atomic E-state index is 0.0605. The lowest BCUT2D eigenvalue weighted by Crippen LogP contribution is -2.18. The summed E-state index contributed by atoms with van der Waals surface area (Å²) in [6, 6.07) is 6.24. The lowest BCUT2D eigenvalue weighted by molar-refractivity contribution is -0.274. The number of nitrogens with zero attached hydrogens (tertiary/aromatic N) is 1. The molecular weight excluding hydrogens is 311 g/mol. The molecule has 1 aromatic carbocycles. The third kappa shape index (κ3) is 3.63. The van der Waals surface area contributed by atoms with Crippen molar-refractivity contribution in [3.05, 3.63) is 47.1 Å². The Bertz CT molecular complexity index is 689. The predicted molar refractivity (Wildman–Crippen MR) is 68.3 cm³/mol. The summed E-state index contributed by atoms with van der Waals surface area (Å²) in [5.41, 5.74) is -0.573. The van der Waals surface area contributed by atoms with E-state index in [2.05, 4.69) is 9.72 Å². The Labute approximate surface area is 121 Å². The van der Waals surface area contributed by atoms with Crippen LogP contribution in [0.5, 0.6) is 5.75 Å². The number of para-hydroxylation sites is 1. The van der Waals surface area contributed by atoms with Crippen LogP contribution in [0.3, 0.4) is 0 Å². The Morgan fingerprint density at radius 1 is 1.29 bits per heavy atom. The van der Waals surface area contributed by atoms with Crippen LogP contribution in [0.25, 0.3) is 11.3 Å². The first-order valence-corrected chi connectivity index (χ1v) is 5.90. The van der Waals surface area contributed by atoms with Gasteiger partial charge >= 0.3 is 12.3 Å². The van der Waals surface area contributed by atoms with Gasteiger partial charge in [-0.1, -0.05) is 23.7 Å². The van der Waals surface area contributed by atoms with Crippen molar-refractivity contribution in [1.82, 2.24) is 4.98 Å². The van der Waals surface area contributed by atoms with Gasteiger partial charge in [0, 0.05) is 11.8 Å². The first kappa shape index (κ1) is 15.1. The molecule has 0 aliphatic rings. The third-order valence-electron chi connectivity index (χ3n) is 2.45. The summed E-state index contributed by atoms with van der Waals surface area (Å²) in [6.45, 7) is 0. The lowest BCUT2D eigenvalue weighted by atomic mass is 10.0. The van der Waals surface area contributed by atoms with E-state index >= 15 is 0 Å². The molecule has 0 atom stereocenters. The van der Waals surface area contributed by atoms with E-state index < -0.39 is 18.1 Å². The quantitative estimate of drug-likeness (QED) is 0.929. The van der Waals surface area contributed by atoms with Gasteiger partial charge in [-0.2, -0.15) is 0 Å². The average Bonchev–Trinajstić information content (AvgIpc) is 2.37. The van der Waals surface area contributed by atoms with Crippen LogP contribution in [0.15, 0.2) is 36.5 Å². The topological polar surface area (TPSA) is 59.4 Å². The van der Waals surface area contributed by atoms with E-state index in [1.54, 1.807) is 0 Å². The number of carbonyl (C=O) groups is 1. The number of benzene rings is 1. The van der Waals surface area contributed by atoms with Gasteiger partial charge in [0.15, 0.2) is 0 Å². The molecule has 0 saturated carbocycles. The van der Waals surface area contributed by atoms with E-state index in [-0.39, 0.29) is 21.8 Å². The molecule has 110 valence electrons. The van der Waals surface area contributed by atoms with Crippen LogP contribution >= 0.6 is 11.6 Å². The molecule has 0 radical (unpaired) electrons. The molecule has 1 aromatic heterocycles. The van der Waals surface area contributed by atoms with Crippen LogP contribution in [0, 0.1) is 0 Å². The minimum Gasteiger partial charge on any atom is -0.478 e. The molecule has 4 nitrogen and oxygen atoms in total. The highest BCUT2D eigenvalue weighted by molar-refractivity contribution is 6.30. The van der Waals surface area contributed by atoms with Crippen molar-refractivity contribution in [3.8, 4) is 17.0 Å². The fourth-order valence-electron chi connectivity index (χ4n) is 1.69. The van der Waals surface area contributed by atoms with Crippen LogP contribution in [-0.2, 0) is 0 Å². The molecule has 0 aliphatic carbocycles. The maximum Gasteiger partial charge on any atom is 0.573 e. The molecule has 0 spiro atoms. The molecule has 0 saturated heterocycles. The summed E-state index contributed by atoms with van der Waals surface area (Å²) in [6.07, 6.45) is -3.75. The van der Waals surface area contributed by atoms with Crippen LogP contribution in [-0.4, -0.2) is 22.4 Å². The van der Waals surface area contributed by atoms with Gasteiger partial charge in [-0.15, -0.1) is 13.2 Å². The fourth-order valence-corrected chi connectivity index (χ4v) is 1.85. The highest BCUT2D eigenvalue weighted by atomic mass is 35.5. The van der Waals surface area contributed by atoms with Crippen molar-refractivity contribution in [2.24, 2.45) is 0 Å². The predicted octanol–water partition coefficient (Wildman–Crippen LogP) is 4.00. The Balaban J connectivity index is 2.60. The summed E-state index contributed by atoms with van der Waals surface area (Å²) < 4.78 is 41.0. The van der Waals surface area contributed by atoms with E-state index in [1.807, 2.05) is 0 Å². The summed E-state index contributed by atoms with van der Waals surface area (Å²) >= 11 is 5.66. The molecule has 1 N–H and O–H groups in total. The number of aromatic nitrogens is 1. The van der Waals surface area contributed by atoms with E-state index in [0.717, 1.165) is 18.3 Å². The van der Waals surface area contributed by atoms with Gasteiger partial charge in [0.25, 0.3) is 0 Å². The maximum absolute atomic E-state index is 12.4. The second-order valence-corrected chi connectivity index (χ2v) is 4.34. The highest BCUT2D eigenvalue weighted by Gasteiger charge is 2.32. The first-order chi connectivity index (χ1) is 9.78. The SMILES string of the molecule is O=C(O)c1cc(Cl)cnc1-c1ccccc1OC(F)(F)F. The van der Waals surface area contributed by atoms with E-state index in [9.17, 15) is 18.0 Å². The molecule has 1 heterocycles. The summed E-state index contributed by atoms with van der Waals surface area (Å²) in [7, 11) is 0. The Hall–Kier alpha value is -2.28. The number of carboxylic acids is 1. The average molecular weight is 318 g/mol. The van der Waals surface area contributed by atoms with Gasteiger partial charge in [0.2, 0.25) is 0 Å². The van der Waals surface area contributed by atoms with Crippen LogP contribution in [0.1, 0.15) is 10.4 Å². The van der Waals surface area contributed by atoms with E-state index in [4.69, 9.17) is 16.7 Å². The molecule has 8 heteroatoms. The molecule has 0 amide bonds. The second-order valence-electron chi connectivity index (χ2n) is 3.90. The summed E-state index contributed by atoms with van der Waals surface area (Å²) in [4.78, 5) is 15.0. The van der Waals surface area contributed by atoms with Crippen molar-refractivity contribution in [1.29, 1.82) is 0 Å². The van der Waals surface area contributed by atoms with Crippen molar-refractivity contribution in [2.45, 2.75) is 6.36 Å². The number of pyridine rings is 1. The van der Waals surface area contributed by atoms with Crippen molar-refractivity contribution < 1.29 is 27.8 Å². The van der Waals surface area contributed by atoms with Crippen molar-refractivity contribution in [2.75, 3.05) is 0 Å². The molecule has 0 unspecified atom stereocenters. The second kappa shape index (κ2) is 5.61. The number of ether oxygens (including phenoxy) is 1. The Kier molecular flexibility index (Phi) is 4.04. The number of aromatic carboxylic acids is 1. The zero-order valence-electron chi connectivity index (χ0n) is 10.2. The van der Waals surface area contributed by atoms with Gasteiger partial charge < -0.3 is 9.84 Å². The van der Waals surface area contributed by atoms with Gasteiger partial charge in [-0.25, -0.2) is 4.79 Å². The Morgan fingerprint density at radius 2 is 1.95 bits per heavy atom. The van der Waals surface area contributed by atoms with Crippen LogP contribution < -0.4 is 4.74 Å². The van der Waals surface area contributed by atoms with Crippen LogP contribution in [0.2, 0.25) is 5.02 Å². The number of rotatable bonds is 3. The standard InChI is InChI=1S/C13H7ClF3NO3/c14-7-5-9(12(19)20)11(18-6-7)8-3-1-2-4-10(8)21-13(15,16)17/h1-6H,(H,19,20).